The van der Waals surface area contributed by atoms with Gasteiger partial charge in [0, 0.05) is 25.8 Å². The molecule has 0 aromatic carbocycles. The van der Waals surface area contributed by atoms with Gasteiger partial charge < -0.3 is 5.32 Å². The first-order chi connectivity index (χ1) is 9.70. The minimum Gasteiger partial charge on any atom is -0.369 e. The molecule has 0 saturated heterocycles. The Morgan fingerprint density at radius 3 is 2.48 bits per heavy atom. The van der Waals surface area contributed by atoms with Crippen LogP contribution in [0.3, 0.4) is 0 Å². The number of nitrogens with zero attached hydrogens (tertiary/aromatic N) is 2. The van der Waals surface area contributed by atoms with Crippen LogP contribution in [0.25, 0.3) is 0 Å². The lowest BCUT2D eigenvalue weighted by Gasteiger charge is -2.25. The number of sulfonamides is 1. The average Bonchev–Trinajstić information content (AvgIpc) is 2.39. The maximum Gasteiger partial charge on any atom is 0.244 e. The summed E-state index contributed by atoms with van der Waals surface area (Å²) in [5.74, 6) is 0.923. The molecule has 1 rings (SSSR count). The van der Waals surface area contributed by atoms with E-state index in [0.717, 1.165) is 6.42 Å². The molecule has 120 valence electrons. The smallest absolute Gasteiger partial charge is 0.244 e. The summed E-state index contributed by atoms with van der Waals surface area (Å²) in [7, 11) is -1.99. The molecule has 0 aliphatic carbocycles. The van der Waals surface area contributed by atoms with Gasteiger partial charge >= 0.3 is 0 Å². The quantitative estimate of drug-likeness (QED) is 0.832. The Bertz CT molecular complexity index is 576. The third-order valence-corrected chi connectivity index (χ3v) is 5.50. The zero-order valence-corrected chi connectivity index (χ0v) is 14.8. The van der Waals surface area contributed by atoms with Gasteiger partial charge in [0.05, 0.1) is 5.02 Å². The van der Waals surface area contributed by atoms with Crippen LogP contribution in [0.1, 0.15) is 34.1 Å². The van der Waals surface area contributed by atoms with Crippen molar-refractivity contribution in [1.82, 2.24) is 9.29 Å². The van der Waals surface area contributed by atoms with Crippen molar-refractivity contribution in [3.05, 3.63) is 17.3 Å². The number of nitrogens with one attached hydrogen (secondary N) is 1. The molecule has 0 aliphatic rings. The Morgan fingerprint density at radius 2 is 2.00 bits per heavy atom. The molecule has 1 unspecified atom stereocenters. The molecule has 0 saturated carbocycles. The van der Waals surface area contributed by atoms with Crippen molar-refractivity contribution < 1.29 is 8.42 Å². The molecule has 0 spiro atoms. The number of halogens is 1. The molecular weight excluding hydrogens is 310 g/mol. The molecule has 5 nitrogen and oxygen atoms in total. The summed E-state index contributed by atoms with van der Waals surface area (Å²) in [6, 6.07) is 1.36. The van der Waals surface area contributed by atoms with Crippen molar-refractivity contribution in [2.75, 3.05) is 18.9 Å². The molecule has 0 amide bonds. The molecule has 1 aromatic heterocycles. The van der Waals surface area contributed by atoms with Gasteiger partial charge in [-0.2, -0.15) is 4.31 Å². The van der Waals surface area contributed by atoms with Crippen LogP contribution < -0.4 is 5.32 Å². The fourth-order valence-electron chi connectivity index (χ4n) is 2.09. The van der Waals surface area contributed by atoms with E-state index in [0.29, 0.717) is 23.3 Å². The molecule has 0 aliphatic heterocycles. The second kappa shape index (κ2) is 7.42. The van der Waals surface area contributed by atoms with Gasteiger partial charge in [0.2, 0.25) is 10.0 Å². The van der Waals surface area contributed by atoms with E-state index in [9.17, 15) is 8.42 Å². The molecule has 21 heavy (non-hydrogen) atoms. The minimum absolute atomic E-state index is 0.0813. The van der Waals surface area contributed by atoms with E-state index in [-0.39, 0.29) is 10.9 Å². The van der Waals surface area contributed by atoms with Gasteiger partial charge in [-0.3, -0.25) is 0 Å². The van der Waals surface area contributed by atoms with Gasteiger partial charge in [0.1, 0.15) is 10.7 Å². The highest BCUT2D eigenvalue weighted by atomic mass is 35.5. The predicted octanol–water partition coefficient (Wildman–Crippen LogP) is 3.22. The van der Waals surface area contributed by atoms with Gasteiger partial charge in [-0.1, -0.05) is 25.4 Å². The Labute approximate surface area is 132 Å². The second-order valence-electron chi connectivity index (χ2n) is 5.53. The van der Waals surface area contributed by atoms with Crippen molar-refractivity contribution in [1.29, 1.82) is 0 Å². The Morgan fingerprint density at radius 1 is 1.38 bits per heavy atom. The fraction of sp³-hybridized carbons (Fsp3) is 0.643. The largest absolute Gasteiger partial charge is 0.369 e. The van der Waals surface area contributed by atoms with Gasteiger partial charge in [0.15, 0.2) is 0 Å². The van der Waals surface area contributed by atoms with Gasteiger partial charge in [-0.15, -0.1) is 0 Å². The van der Waals surface area contributed by atoms with Crippen molar-refractivity contribution in [2.45, 2.75) is 45.1 Å². The maximum absolute atomic E-state index is 12.6. The van der Waals surface area contributed by atoms with Crippen molar-refractivity contribution in [3.8, 4) is 0 Å². The van der Waals surface area contributed by atoms with Crippen LogP contribution in [0.4, 0.5) is 5.82 Å². The minimum atomic E-state index is -3.58. The molecule has 0 radical (unpaired) electrons. The van der Waals surface area contributed by atoms with E-state index in [1.54, 1.807) is 7.05 Å². The molecule has 1 aromatic rings. The fourth-order valence-corrected chi connectivity index (χ4v) is 3.74. The zero-order valence-electron chi connectivity index (χ0n) is 13.2. The second-order valence-corrected chi connectivity index (χ2v) is 7.94. The highest BCUT2D eigenvalue weighted by Gasteiger charge is 2.26. The van der Waals surface area contributed by atoms with E-state index in [1.807, 2.05) is 13.8 Å². The number of pyridine rings is 1. The number of hydrogen-bond donors (Lipinski definition) is 1. The average molecular weight is 334 g/mol. The van der Waals surface area contributed by atoms with E-state index in [1.165, 1.54) is 16.6 Å². The van der Waals surface area contributed by atoms with E-state index in [2.05, 4.69) is 24.1 Å². The lowest BCUT2D eigenvalue weighted by Crippen LogP contribution is -2.36. The van der Waals surface area contributed by atoms with Gasteiger partial charge in [-0.05, 0) is 32.3 Å². The van der Waals surface area contributed by atoms with E-state index < -0.39 is 10.0 Å². The van der Waals surface area contributed by atoms with Crippen LogP contribution in [0, 0.1) is 5.92 Å². The molecular formula is C14H24ClN3O2S. The van der Waals surface area contributed by atoms with E-state index in [4.69, 9.17) is 11.6 Å². The summed E-state index contributed by atoms with van der Waals surface area (Å²) < 4.78 is 26.5. The van der Waals surface area contributed by atoms with Crippen LogP contribution in [-0.2, 0) is 10.0 Å². The number of aromatic nitrogens is 1. The highest BCUT2D eigenvalue weighted by Crippen LogP contribution is 2.25. The number of anilines is 1. The van der Waals surface area contributed by atoms with Gasteiger partial charge in [-0.25, -0.2) is 13.4 Å². The van der Waals surface area contributed by atoms with Crippen LogP contribution in [-0.4, -0.2) is 37.3 Å². The Hall–Kier alpha value is -0.850. The monoisotopic (exact) mass is 333 g/mol. The Kier molecular flexibility index (Phi) is 6.43. The summed E-state index contributed by atoms with van der Waals surface area (Å²) >= 11 is 6.07. The normalized spacial score (nSPS) is 13.7. The zero-order chi connectivity index (χ0) is 16.2. The lowest BCUT2D eigenvalue weighted by atomic mass is 10.1. The van der Waals surface area contributed by atoms with Crippen molar-refractivity contribution in [3.63, 3.8) is 0 Å². The first-order valence-electron chi connectivity index (χ1n) is 7.07. The van der Waals surface area contributed by atoms with E-state index >= 15 is 0 Å². The number of rotatable bonds is 7. The summed E-state index contributed by atoms with van der Waals surface area (Å²) in [4.78, 5) is 4.21. The third-order valence-electron chi connectivity index (χ3n) is 3.27. The first-order valence-corrected chi connectivity index (χ1v) is 8.89. The van der Waals surface area contributed by atoms with Crippen LogP contribution in [0.15, 0.2) is 17.2 Å². The van der Waals surface area contributed by atoms with Crippen molar-refractivity contribution >= 4 is 27.4 Å². The van der Waals surface area contributed by atoms with Gasteiger partial charge in [0.25, 0.3) is 0 Å². The molecule has 1 atom stereocenters. The Balaban J connectivity index is 3.05. The van der Waals surface area contributed by atoms with Crippen molar-refractivity contribution in [2.24, 2.45) is 5.92 Å². The summed E-state index contributed by atoms with van der Waals surface area (Å²) in [5.41, 5.74) is 0. The standard InChI is InChI=1S/C14H24ClN3O2S/c1-6-16-14-13(15)8-12(9-17-14)21(19,20)18(5)11(4)7-10(2)3/h8-11H,6-7H2,1-5H3,(H,16,17). The number of hydrogen-bond acceptors (Lipinski definition) is 4. The SMILES string of the molecule is CCNc1ncc(S(=O)(=O)N(C)C(C)CC(C)C)cc1Cl. The first kappa shape index (κ1) is 18.2. The van der Waals surface area contributed by atoms with Crippen LogP contribution in [0.2, 0.25) is 5.02 Å². The maximum atomic E-state index is 12.6. The van der Waals surface area contributed by atoms with Crippen LogP contribution in [0.5, 0.6) is 0 Å². The highest BCUT2D eigenvalue weighted by molar-refractivity contribution is 7.89. The molecule has 7 heteroatoms. The predicted molar refractivity (Wildman–Crippen MR) is 87.3 cm³/mol. The molecule has 0 fully saturated rings. The summed E-state index contributed by atoms with van der Waals surface area (Å²) in [6.07, 6.45) is 2.14. The molecule has 1 heterocycles. The summed E-state index contributed by atoms with van der Waals surface area (Å²) in [6.45, 7) is 8.63. The van der Waals surface area contributed by atoms with Crippen LogP contribution >= 0.6 is 11.6 Å². The lowest BCUT2D eigenvalue weighted by molar-refractivity contribution is 0.337. The topological polar surface area (TPSA) is 62.3 Å². The summed E-state index contributed by atoms with van der Waals surface area (Å²) in [5, 5.41) is 3.29. The molecule has 0 bridgehead atoms. The third kappa shape index (κ3) is 4.56. The molecule has 1 N–H and O–H groups in total.